The van der Waals surface area contributed by atoms with E-state index in [0.29, 0.717) is 30.8 Å². The number of aliphatic hydroxyl groups is 1. The van der Waals surface area contributed by atoms with Crippen molar-refractivity contribution < 1.29 is 19.4 Å². The molecule has 0 bridgehead atoms. The predicted octanol–water partition coefficient (Wildman–Crippen LogP) is 3.06. The van der Waals surface area contributed by atoms with Crippen molar-refractivity contribution >= 4 is 22.6 Å². The van der Waals surface area contributed by atoms with Gasteiger partial charge in [0.25, 0.3) is 11.8 Å². The summed E-state index contributed by atoms with van der Waals surface area (Å²) in [6.07, 6.45) is 0.429. The normalized spacial score (nSPS) is 17.6. The van der Waals surface area contributed by atoms with Gasteiger partial charge in [0.1, 0.15) is 18.5 Å². The Morgan fingerprint density at radius 3 is 2.06 bits per heavy atom. The van der Waals surface area contributed by atoms with Crippen LogP contribution in [0.25, 0.3) is 10.8 Å². The number of carbonyl (C=O) groups excluding carboxylic acids is 2. The van der Waals surface area contributed by atoms with Gasteiger partial charge in [-0.15, -0.1) is 0 Å². The lowest BCUT2D eigenvalue weighted by atomic mass is 9.94. The van der Waals surface area contributed by atoms with Gasteiger partial charge >= 0.3 is 0 Å². The fraction of sp³-hybridized carbons (Fsp3) is 0.379. The molecule has 1 saturated heterocycles. The van der Waals surface area contributed by atoms with Gasteiger partial charge in [0.05, 0.1) is 0 Å². The Labute approximate surface area is 211 Å². The maximum Gasteiger partial charge on any atom is 0.261 e. The van der Waals surface area contributed by atoms with Crippen molar-refractivity contribution in [3.05, 3.63) is 77.4 Å². The van der Waals surface area contributed by atoms with Crippen LogP contribution in [0.4, 0.5) is 0 Å². The third-order valence-electron chi connectivity index (χ3n) is 7.20. The highest BCUT2D eigenvalue weighted by Gasteiger charge is 2.33. The first-order chi connectivity index (χ1) is 17.5. The number of imide groups is 1. The molecule has 2 amide bonds. The van der Waals surface area contributed by atoms with Crippen LogP contribution in [-0.2, 0) is 6.42 Å². The van der Waals surface area contributed by atoms with Crippen LogP contribution in [0, 0.1) is 0 Å². The van der Waals surface area contributed by atoms with Crippen molar-refractivity contribution in [2.45, 2.75) is 19.4 Å². The first-order valence-electron chi connectivity index (χ1n) is 12.8. The first-order valence-corrected chi connectivity index (χ1v) is 12.8. The third kappa shape index (κ3) is 5.14. The molecular formula is C29H33N3O4. The monoisotopic (exact) mass is 487 g/mol. The Balaban J connectivity index is 1.08. The molecular weight excluding hydrogens is 454 g/mol. The SMILES string of the molecule is CCc1ccc(OC[C@H](O)CN2CCN(CCN3C(=O)c4cccc5cccc(c45)C3=O)CC2)cc1. The second-order valence-corrected chi connectivity index (χ2v) is 9.58. The van der Waals surface area contributed by atoms with Gasteiger partial charge in [-0.25, -0.2) is 0 Å². The van der Waals surface area contributed by atoms with E-state index >= 15 is 0 Å². The van der Waals surface area contributed by atoms with Gasteiger partial charge in [0, 0.05) is 62.3 Å². The van der Waals surface area contributed by atoms with Crippen molar-refractivity contribution in [3.63, 3.8) is 0 Å². The fourth-order valence-corrected chi connectivity index (χ4v) is 5.08. The molecule has 0 unspecified atom stereocenters. The summed E-state index contributed by atoms with van der Waals surface area (Å²) in [5, 5.41) is 12.1. The Kier molecular flexibility index (Phi) is 7.32. The molecule has 0 aromatic heterocycles. The second kappa shape index (κ2) is 10.8. The van der Waals surface area contributed by atoms with Crippen LogP contribution in [0.15, 0.2) is 60.7 Å². The maximum atomic E-state index is 13.1. The van der Waals surface area contributed by atoms with E-state index in [1.54, 1.807) is 0 Å². The van der Waals surface area contributed by atoms with E-state index in [2.05, 4.69) is 16.7 Å². The molecule has 0 aliphatic carbocycles. The Bertz CT molecular complexity index is 1180. The molecule has 1 N–H and O–H groups in total. The van der Waals surface area contributed by atoms with Crippen LogP contribution in [0.2, 0.25) is 0 Å². The smallest absolute Gasteiger partial charge is 0.261 e. The lowest BCUT2D eigenvalue weighted by Gasteiger charge is -2.36. The van der Waals surface area contributed by atoms with Crippen LogP contribution in [0.1, 0.15) is 33.2 Å². The van der Waals surface area contributed by atoms with Crippen LogP contribution in [-0.4, -0.2) is 90.1 Å². The highest BCUT2D eigenvalue weighted by Crippen LogP contribution is 2.29. The molecule has 7 heteroatoms. The van der Waals surface area contributed by atoms with Crippen molar-refractivity contribution in [2.75, 3.05) is 52.4 Å². The topological polar surface area (TPSA) is 73.3 Å². The number of ether oxygens (including phenoxy) is 1. The summed E-state index contributed by atoms with van der Waals surface area (Å²) >= 11 is 0. The minimum Gasteiger partial charge on any atom is -0.491 e. The summed E-state index contributed by atoms with van der Waals surface area (Å²) in [6.45, 7) is 7.26. The number of rotatable bonds is 9. The number of aliphatic hydroxyl groups excluding tert-OH is 1. The number of amides is 2. The second-order valence-electron chi connectivity index (χ2n) is 9.58. The number of hydrogen-bond acceptors (Lipinski definition) is 6. The highest BCUT2D eigenvalue weighted by atomic mass is 16.5. The molecule has 5 rings (SSSR count). The summed E-state index contributed by atoms with van der Waals surface area (Å²) in [7, 11) is 0. The lowest BCUT2D eigenvalue weighted by Crippen LogP contribution is -2.51. The summed E-state index contributed by atoms with van der Waals surface area (Å²) < 4.78 is 5.75. The lowest BCUT2D eigenvalue weighted by molar-refractivity contribution is 0.0416. The zero-order valence-corrected chi connectivity index (χ0v) is 20.7. The molecule has 2 aliphatic rings. The summed E-state index contributed by atoms with van der Waals surface area (Å²) in [4.78, 5) is 32.1. The average Bonchev–Trinajstić information content (AvgIpc) is 2.91. The van der Waals surface area contributed by atoms with E-state index in [0.717, 1.165) is 49.1 Å². The van der Waals surface area contributed by atoms with Gasteiger partial charge in [-0.2, -0.15) is 0 Å². The minimum absolute atomic E-state index is 0.213. The average molecular weight is 488 g/mol. The van der Waals surface area contributed by atoms with Gasteiger partial charge < -0.3 is 9.84 Å². The number of nitrogens with zero attached hydrogens (tertiary/aromatic N) is 3. The maximum absolute atomic E-state index is 13.1. The largest absolute Gasteiger partial charge is 0.491 e. The molecule has 1 atom stereocenters. The van der Waals surface area contributed by atoms with E-state index in [1.165, 1.54) is 10.5 Å². The molecule has 7 nitrogen and oxygen atoms in total. The third-order valence-corrected chi connectivity index (χ3v) is 7.20. The van der Waals surface area contributed by atoms with Gasteiger partial charge in [0.15, 0.2) is 0 Å². The number of benzene rings is 3. The predicted molar refractivity (Wildman–Crippen MR) is 140 cm³/mol. The van der Waals surface area contributed by atoms with Crippen molar-refractivity contribution in [1.29, 1.82) is 0 Å². The molecule has 0 saturated carbocycles. The fourth-order valence-electron chi connectivity index (χ4n) is 5.08. The molecule has 36 heavy (non-hydrogen) atoms. The Morgan fingerprint density at radius 2 is 1.44 bits per heavy atom. The van der Waals surface area contributed by atoms with Crippen molar-refractivity contribution in [3.8, 4) is 5.75 Å². The number of carbonyl (C=O) groups is 2. The standard InChI is InChI=1S/C29H33N3O4/c1-2-21-9-11-24(12-10-21)36-20-23(33)19-31-15-13-30(14-16-31)17-18-32-28(34)25-7-3-5-22-6-4-8-26(27(22)25)29(32)35/h3-12,23,33H,2,13-20H2,1H3/t23-/m1/s1. The van der Waals surface area contributed by atoms with Crippen molar-refractivity contribution in [2.24, 2.45) is 0 Å². The first kappa shape index (κ1) is 24.4. The number of β-amino-alcohol motifs (C(OH)–C–C–N with tert-alkyl or cyclic N) is 1. The zero-order valence-electron chi connectivity index (χ0n) is 20.7. The quantitative estimate of drug-likeness (QED) is 0.468. The van der Waals surface area contributed by atoms with E-state index in [4.69, 9.17) is 4.74 Å². The molecule has 0 spiro atoms. The number of hydrogen-bond donors (Lipinski definition) is 1. The molecule has 2 heterocycles. The van der Waals surface area contributed by atoms with Crippen molar-refractivity contribution in [1.82, 2.24) is 14.7 Å². The van der Waals surface area contributed by atoms with Crippen LogP contribution in [0.5, 0.6) is 5.75 Å². The Hall–Kier alpha value is -3.26. The van der Waals surface area contributed by atoms with E-state index < -0.39 is 6.10 Å². The van der Waals surface area contributed by atoms with Crippen LogP contribution < -0.4 is 4.74 Å². The minimum atomic E-state index is -0.561. The number of aryl methyl sites for hydroxylation is 1. The van der Waals surface area contributed by atoms with Gasteiger partial charge in [0.2, 0.25) is 0 Å². The molecule has 1 fully saturated rings. The van der Waals surface area contributed by atoms with E-state index in [-0.39, 0.29) is 18.4 Å². The molecule has 3 aromatic rings. The highest BCUT2D eigenvalue weighted by molar-refractivity contribution is 6.25. The molecule has 3 aromatic carbocycles. The van der Waals surface area contributed by atoms with Gasteiger partial charge in [-0.05, 0) is 41.6 Å². The van der Waals surface area contributed by atoms with Crippen LogP contribution in [0.3, 0.4) is 0 Å². The zero-order chi connectivity index (χ0) is 25.1. The van der Waals surface area contributed by atoms with Gasteiger partial charge in [-0.3, -0.25) is 24.3 Å². The van der Waals surface area contributed by atoms with Crippen LogP contribution >= 0.6 is 0 Å². The summed E-state index contributed by atoms with van der Waals surface area (Å²) in [5.41, 5.74) is 2.46. The summed E-state index contributed by atoms with van der Waals surface area (Å²) in [6, 6.07) is 19.2. The number of piperazine rings is 1. The van der Waals surface area contributed by atoms with E-state index in [1.807, 2.05) is 60.7 Å². The Morgan fingerprint density at radius 1 is 0.833 bits per heavy atom. The molecule has 188 valence electrons. The van der Waals surface area contributed by atoms with E-state index in [9.17, 15) is 14.7 Å². The summed E-state index contributed by atoms with van der Waals surface area (Å²) in [5.74, 6) is 0.350. The molecule has 2 aliphatic heterocycles. The molecule has 0 radical (unpaired) electrons. The van der Waals surface area contributed by atoms with Gasteiger partial charge in [-0.1, -0.05) is 43.3 Å².